The molecule has 1 aliphatic rings. The SMILES string of the molecule is COC(=O)C1=C(C(=O)OC)N(c2cc(OC)c(S(=O)(=O)Nc3ccccc3)cc2OC)COC1. The lowest BCUT2D eigenvalue weighted by Crippen LogP contribution is -2.39. The second kappa shape index (κ2) is 10.4. The molecule has 2 aromatic carbocycles. The van der Waals surface area contributed by atoms with E-state index < -0.39 is 22.0 Å². The van der Waals surface area contributed by atoms with Crippen molar-refractivity contribution in [1.82, 2.24) is 0 Å². The fraction of sp³-hybridized carbons (Fsp3) is 0.273. The van der Waals surface area contributed by atoms with Gasteiger partial charge in [0, 0.05) is 17.8 Å². The third-order valence-corrected chi connectivity index (χ3v) is 6.31. The van der Waals surface area contributed by atoms with E-state index in [4.69, 9.17) is 23.7 Å². The number of sulfonamides is 1. The molecule has 0 saturated carbocycles. The number of para-hydroxylation sites is 1. The van der Waals surface area contributed by atoms with Crippen LogP contribution in [0, 0.1) is 0 Å². The first-order chi connectivity index (χ1) is 16.3. The van der Waals surface area contributed by atoms with Crippen LogP contribution in [0.2, 0.25) is 0 Å². The van der Waals surface area contributed by atoms with Gasteiger partial charge in [-0.15, -0.1) is 0 Å². The van der Waals surface area contributed by atoms with Crippen LogP contribution in [-0.2, 0) is 33.8 Å². The van der Waals surface area contributed by atoms with Gasteiger partial charge < -0.3 is 28.6 Å². The number of ether oxygens (including phenoxy) is 5. The molecule has 1 N–H and O–H groups in total. The fourth-order valence-corrected chi connectivity index (χ4v) is 4.55. The summed E-state index contributed by atoms with van der Waals surface area (Å²) in [5.74, 6) is -1.55. The van der Waals surface area contributed by atoms with E-state index in [-0.39, 0.29) is 46.7 Å². The van der Waals surface area contributed by atoms with Gasteiger partial charge in [-0.25, -0.2) is 18.0 Å². The first-order valence-corrected chi connectivity index (χ1v) is 11.3. The summed E-state index contributed by atoms with van der Waals surface area (Å²) in [6, 6.07) is 11.0. The largest absolute Gasteiger partial charge is 0.495 e. The normalized spacial score (nSPS) is 13.8. The number of nitrogens with zero attached hydrogens (tertiary/aromatic N) is 1. The van der Waals surface area contributed by atoms with Gasteiger partial charge >= 0.3 is 11.9 Å². The van der Waals surface area contributed by atoms with Crippen LogP contribution < -0.4 is 19.1 Å². The van der Waals surface area contributed by atoms with Gasteiger partial charge in [0.05, 0.1) is 46.3 Å². The van der Waals surface area contributed by atoms with Crippen molar-refractivity contribution in [1.29, 1.82) is 0 Å². The first kappa shape index (κ1) is 24.9. The van der Waals surface area contributed by atoms with Gasteiger partial charge in [0.2, 0.25) is 0 Å². The number of carbonyl (C=O) groups excluding carboxylic acids is 2. The van der Waals surface area contributed by atoms with Crippen molar-refractivity contribution in [2.45, 2.75) is 4.90 Å². The number of rotatable bonds is 8. The molecular weight excluding hydrogens is 468 g/mol. The highest BCUT2D eigenvalue weighted by molar-refractivity contribution is 7.92. The molecule has 0 bridgehead atoms. The summed E-state index contributed by atoms with van der Waals surface area (Å²) in [7, 11) is 0.894. The van der Waals surface area contributed by atoms with Crippen molar-refractivity contribution >= 4 is 33.3 Å². The van der Waals surface area contributed by atoms with Crippen LogP contribution >= 0.6 is 0 Å². The van der Waals surface area contributed by atoms with E-state index in [0.717, 1.165) is 0 Å². The molecule has 11 nitrogen and oxygen atoms in total. The highest BCUT2D eigenvalue weighted by Gasteiger charge is 2.35. The van der Waals surface area contributed by atoms with Crippen LogP contribution in [-0.4, -0.2) is 62.1 Å². The van der Waals surface area contributed by atoms with Gasteiger partial charge in [0.15, 0.2) is 0 Å². The lowest BCUT2D eigenvalue weighted by Gasteiger charge is -2.32. The molecule has 1 heterocycles. The Hall–Kier alpha value is -3.77. The Balaban J connectivity index is 2.16. The number of carbonyl (C=O) groups is 2. The minimum absolute atomic E-state index is 0.0337. The summed E-state index contributed by atoms with van der Waals surface area (Å²) in [6.07, 6.45) is 0. The van der Waals surface area contributed by atoms with E-state index >= 15 is 0 Å². The van der Waals surface area contributed by atoms with Crippen molar-refractivity contribution in [3.8, 4) is 11.5 Å². The highest BCUT2D eigenvalue weighted by atomic mass is 32.2. The summed E-state index contributed by atoms with van der Waals surface area (Å²) in [5.41, 5.74) is 0.373. The van der Waals surface area contributed by atoms with Crippen LogP contribution in [0.25, 0.3) is 0 Å². The van der Waals surface area contributed by atoms with Crippen LogP contribution in [0.15, 0.2) is 58.6 Å². The standard InChI is InChI=1S/C22H24N2O9S/c1-29-17-11-19(34(27,28)23-14-8-6-5-7-9-14)18(30-2)10-16(17)24-13-33-12-15(21(25)31-3)20(24)22(26)32-4/h5-11,23H,12-13H2,1-4H3. The Labute approximate surface area is 196 Å². The minimum atomic E-state index is -4.08. The highest BCUT2D eigenvalue weighted by Crippen LogP contribution is 2.41. The maximum Gasteiger partial charge on any atom is 0.355 e. The van der Waals surface area contributed by atoms with Crippen LogP contribution in [0.1, 0.15) is 0 Å². The number of esters is 2. The molecule has 3 rings (SSSR count). The van der Waals surface area contributed by atoms with Gasteiger partial charge in [-0.3, -0.25) is 4.72 Å². The van der Waals surface area contributed by atoms with Crippen LogP contribution in [0.3, 0.4) is 0 Å². The summed E-state index contributed by atoms with van der Waals surface area (Å²) in [4.78, 5) is 26.0. The summed E-state index contributed by atoms with van der Waals surface area (Å²) >= 11 is 0. The topological polar surface area (TPSA) is 130 Å². The lowest BCUT2D eigenvalue weighted by atomic mass is 10.1. The van der Waals surface area contributed by atoms with Crippen molar-refractivity contribution in [2.24, 2.45) is 0 Å². The quantitative estimate of drug-likeness (QED) is 0.545. The van der Waals surface area contributed by atoms with E-state index in [9.17, 15) is 18.0 Å². The zero-order chi connectivity index (χ0) is 24.9. The summed E-state index contributed by atoms with van der Waals surface area (Å²) in [6.45, 7) is -0.334. The number of nitrogens with one attached hydrogen (secondary N) is 1. The van der Waals surface area contributed by atoms with Gasteiger partial charge in [-0.2, -0.15) is 0 Å². The molecule has 182 valence electrons. The van der Waals surface area contributed by atoms with E-state index in [1.165, 1.54) is 45.5 Å². The fourth-order valence-electron chi connectivity index (χ4n) is 3.32. The molecule has 34 heavy (non-hydrogen) atoms. The van der Waals surface area contributed by atoms with Gasteiger partial charge in [-0.1, -0.05) is 18.2 Å². The predicted molar refractivity (Wildman–Crippen MR) is 121 cm³/mol. The monoisotopic (exact) mass is 492 g/mol. The Kier molecular flexibility index (Phi) is 7.64. The van der Waals surface area contributed by atoms with Crippen molar-refractivity contribution < 1.29 is 41.7 Å². The molecule has 0 radical (unpaired) electrons. The van der Waals surface area contributed by atoms with Crippen molar-refractivity contribution in [2.75, 3.05) is 51.4 Å². The summed E-state index contributed by atoms with van der Waals surface area (Å²) < 4.78 is 54.6. The maximum absolute atomic E-state index is 13.1. The van der Waals surface area contributed by atoms with E-state index in [1.54, 1.807) is 30.3 Å². The van der Waals surface area contributed by atoms with E-state index in [0.29, 0.717) is 5.69 Å². The molecular formula is C22H24N2O9S. The predicted octanol–water partition coefficient (Wildman–Crippen LogP) is 1.90. The van der Waals surface area contributed by atoms with Gasteiger partial charge in [-0.05, 0) is 12.1 Å². The summed E-state index contributed by atoms with van der Waals surface area (Å²) in [5, 5.41) is 0. The molecule has 0 aliphatic carbocycles. The zero-order valence-electron chi connectivity index (χ0n) is 19.0. The second-order valence-corrected chi connectivity index (χ2v) is 8.51. The molecule has 0 unspecified atom stereocenters. The average Bonchev–Trinajstić information content (AvgIpc) is 2.86. The Morgan fingerprint density at radius 2 is 1.59 bits per heavy atom. The van der Waals surface area contributed by atoms with Crippen LogP contribution in [0.4, 0.5) is 11.4 Å². The Morgan fingerprint density at radius 1 is 0.941 bits per heavy atom. The van der Waals surface area contributed by atoms with Crippen LogP contribution in [0.5, 0.6) is 11.5 Å². The minimum Gasteiger partial charge on any atom is -0.495 e. The molecule has 1 aliphatic heterocycles. The first-order valence-electron chi connectivity index (χ1n) is 9.86. The van der Waals surface area contributed by atoms with E-state index in [1.807, 2.05) is 0 Å². The van der Waals surface area contributed by atoms with Crippen molar-refractivity contribution in [3.05, 3.63) is 53.7 Å². The molecule has 0 amide bonds. The number of methoxy groups -OCH3 is 4. The number of anilines is 2. The Bertz CT molecular complexity index is 1210. The second-order valence-electron chi connectivity index (χ2n) is 6.86. The third kappa shape index (κ3) is 4.92. The number of hydrogen-bond acceptors (Lipinski definition) is 10. The third-order valence-electron chi connectivity index (χ3n) is 4.90. The zero-order valence-corrected chi connectivity index (χ0v) is 19.8. The molecule has 12 heteroatoms. The smallest absolute Gasteiger partial charge is 0.355 e. The maximum atomic E-state index is 13.1. The van der Waals surface area contributed by atoms with E-state index in [2.05, 4.69) is 4.72 Å². The Morgan fingerprint density at radius 3 is 2.18 bits per heavy atom. The molecule has 0 spiro atoms. The van der Waals surface area contributed by atoms with Gasteiger partial charge in [0.25, 0.3) is 10.0 Å². The lowest BCUT2D eigenvalue weighted by molar-refractivity contribution is -0.140. The molecule has 0 saturated heterocycles. The van der Waals surface area contributed by atoms with Gasteiger partial charge in [0.1, 0.15) is 28.8 Å². The molecule has 2 aromatic rings. The molecule has 0 fully saturated rings. The van der Waals surface area contributed by atoms with Crippen molar-refractivity contribution in [3.63, 3.8) is 0 Å². The number of hydrogen-bond donors (Lipinski definition) is 1. The molecule has 0 atom stereocenters. The number of benzene rings is 2. The average molecular weight is 493 g/mol. The molecule has 0 aromatic heterocycles.